The van der Waals surface area contributed by atoms with Gasteiger partial charge >= 0.3 is 4.87 Å². The molecule has 0 unspecified atom stereocenters. The minimum absolute atomic E-state index is 0.0391. The maximum atomic E-state index is 11.9. The van der Waals surface area contributed by atoms with Gasteiger partial charge in [-0.2, -0.15) is 0 Å². The number of aliphatic hydroxyl groups excluding tert-OH is 1. The summed E-state index contributed by atoms with van der Waals surface area (Å²) in [5, 5.41) is 14.3. The second-order valence-corrected chi connectivity index (χ2v) is 5.58. The highest BCUT2D eigenvalue weighted by atomic mass is 32.1. The minimum Gasteiger partial charge on any atom is -0.391 e. The van der Waals surface area contributed by atoms with Crippen LogP contribution < -0.4 is 10.2 Å². The number of hydrogen-bond donors (Lipinski definition) is 2. The molecule has 100 valence electrons. The Kier molecular flexibility index (Phi) is 4.19. The Bertz CT molecular complexity index is 480. The van der Waals surface area contributed by atoms with Crippen LogP contribution in [0.5, 0.6) is 0 Å². The van der Waals surface area contributed by atoms with Gasteiger partial charge in [0.25, 0.3) is 0 Å². The van der Waals surface area contributed by atoms with Gasteiger partial charge in [-0.1, -0.05) is 24.2 Å². The molecular weight excluding hydrogens is 252 g/mol. The zero-order valence-corrected chi connectivity index (χ0v) is 11.2. The van der Waals surface area contributed by atoms with Crippen LogP contribution in [0, 0.1) is 6.92 Å². The molecule has 0 radical (unpaired) electrons. The van der Waals surface area contributed by atoms with Crippen LogP contribution in [0.1, 0.15) is 31.4 Å². The smallest absolute Gasteiger partial charge is 0.307 e. The third-order valence-electron chi connectivity index (χ3n) is 3.35. The van der Waals surface area contributed by atoms with Gasteiger partial charge in [-0.05, 0) is 19.8 Å². The minimum atomic E-state index is -0.456. The fraction of sp³-hybridized carbons (Fsp3) is 0.667. The summed E-state index contributed by atoms with van der Waals surface area (Å²) in [6.07, 6.45) is 3.13. The van der Waals surface area contributed by atoms with Crippen LogP contribution in [0.3, 0.4) is 0 Å². The summed E-state index contributed by atoms with van der Waals surface area (Å²) in [7, 11) is 0. The first-order valence-corrected chi connectivity index (χ1v) is 7.08. The Balaban J connectivity index is 1.94. The van der Waals surface area contributed by atoms with Crippen molar-refractivity contribution in [2.24, 2.45) is 0 Å². The van der Waals surface area contributed by atoms with Crippen LogP contribution in [0.15, 0.2) is 10.2 Å². The summed E-state index contributed by atoms with van der Waals surface area (Å²) in [6.45, 7) is 1.85. The molecule has 1 aliphatic carbocycles. The summed E-state index contributed by atoms with van der Waals surface area (Å²) in [5.74, 6) is -0.204. The first kappa shape index (κ1) is 13.3. The van der Waals surface area contributed by atoms with E-state index < -0.39 is 6.10 Å². The highest BCUT2D eigenvalue weighted by Crippen LogP contribution is 2.18. The van der Waals surface area contributed by atoms with Crippen molar-refractivity contribution in [2.75, 3.05) is 0 Å². The van der Waals surface area contributed by atoms with Gasteiger partial charge in [-0.15, -0.1) is 0 Å². The van der Waals surface area contributed by atoms with Crippen molar-refractivity contribution in [1.82, 2.24) is 9.88 Å². The number of carbonyl (C=O) groups is 1. The summed E-state index contributed by atoms with van der Waals surface area (Å²) < 4.78 is 1.45. The van der Waals surface area contributed by atoms with Crippen molar-refractivity contribution in [2.45, 2.75) is 51.3 Å². The number of thiazole rings is 1. The Morgan fingerprint density at radius 1 is 1.56 bits per heavy atom. The van der Waals surface area contributed by atoms with E-state index in [2.05, 4.69) is 5.32 Å². The van der Waals surface area contributed by atoms with Gasteiger partial charge in [0.05, 0.1) is 12.1 Å². The van der Waals surface area contributed by atoms with Gasteiger partial charge < -0.3 is 10.4 Å². The van der Waals surface area contributed by atoms with Crippen LogP contribution >= 0.6 is 11.3 Å². The molecule has 1 saturated carbocycles. The fourth-order valence-corrected chi connectivity index (χ4v) is 3.01. The van der Waals surface area contributed by atoms with Gasteiger partial charge in [-0.3, -0.25) is 14.2 Å². The summed E-state index contributed by atoms with van der Waals surface area (Å²) >= 11 is 1.10. The van der Waals surface area contributed by atoms with E-state index in [-0.39, 0.29) is 23.4 Å². The molecule has 2 N–H and O–H groups in total. The van der Waals surface area contributed by atoms with Gasteiger partial charge in [0.1, 0.15) is 6.54 Å². The van der Waals surface area contributed by atoms with Crippen molar-refractivity contribution < 1.29 is 9.90 Å². The van der Waals surface area contributed by atoms with E-state index >= 15 is 0 Å². The second kappa shape index (κ2) is 5.67. The van der Waals surface area contributed by atoms with Crippen molar-refractivity contribution in [3.8, 4) is 0 Å². The number of amides is 1. The number of nitrogens with zero attached hydrogens (tertiary/aromatic N) is 1. The lowest BCUT2D eigenvalue weighted by Gasteiger charge is -2.28. The molecule has 1 aromatic rings. The normalized spacial score (nSPS) is 23.9. The molecule has 2 atom stereocenters. The molecule has 0 spiro atoms. The lowest BCUT2D eigenvalue weighted by atomic mass is 9.92. The Morgan fingerprint density at radius 2 is 2.28 bits per heavy atom. The second-order valence-electron chi connectivity index (χ2n) is 4.75. The molecule has 1 amide bonds. The molecule has 0 bridgehead atoms. The van der Waals surface area contributed by atoms with Crippen molar-refractivity contribution >= 4 is 17.2 Å². The monoisotopic (exact) mass is 270 g/mol. The molecule has 6 heteroatoms. The zero-order chi connectivity index (χ0) is 13.1. The van der Waals surface area contributed by atoms with Crippen LogP contribution in [0.4, 0.5) is 0 Å². The SMILES string of the molecule is Cc1csc(=O)n1CC(=O)N[C@H]1CCCC[C@@H]1O. The predicted octanol–water partition coefficient (Wildman–Crippen LogP) is 0.638. The molecule has 1 fully saturated rings. The third kappa shape index (κ3) is 3.00. The van der Waals surface area contributed by atoms with Crippen molar-refractivity contribution in [1.29, 1.82) is 0 Å². The van der Waals surface area contributed by atoms with E-state index in [1.807, 2.05) is 0 Å². The Morgan fingerprint density at radius 3 is 2.89 bits per heavy atom. The number of hydrogen-bond acceptors (Lipinski definition) is 4. The summed E-state index contributed by atoms with van der Waals surface area (Å²) in [4.78, 5) is 23.2. The topological polar surface area (TPSA) is 71.3 Å². The standard InChI is InChI=1S/C12H18N2O3S/c1-8-7-18-12(17)14(8)6-11(16)13-9-4-2-3-5-10(9)15/h7,9-10,15H,2-6H2,1H3,(H,13,16)/t9-,10-/m0/s1. The number of nitrogens with one attached hydrogen (secondary N) is 1. The van der Waals surface area contributed by atoms with Gasteiger partial charge in [0.15, 0.2) is 0 Å². The number of aryl methyl sites for hydroxylation is 1. The highest BCUT2D eigenvalue weighted by Gasteiger charge is 2.24. The van der Waals surface area contributed by atoms with Gasteiger partial charge in [-0.25, -0.2) is 0 Å². The molecule has 1 aromatic heterocycles. The van der Waals surface area contributed by atoms with E-state index in [9.17, 15) is 14.7 Å². The van der Waals surface area contributed by atoms with Crippen LogP contribution in [-0.2, 0) is 11.3 Å². The molecule has 0 aliphatic heterocycles. The van der Waals surface area contributed by atoms with E-state index in [1.165, 1.54) is 4.57 Å². The summed E-state index contributed by atoms with van der Waals surface area (Å²) in [5.41, 5.74) is 0.796. The van der Waals surface area contributed by atoms with Crippen molar-refractivity contribution in [3.05, 3.63) is 20.7 Å². The van der Waals surface area contributed by atoms with E-state index in [4.69, 9.17) is 0 Å². The maximum absolute atomic E-state index is 11.9. The number of aliphatic hydroxyl groups is 1. The van der Waals surface area contributed by atoms with Crippen LogP contribution in [-0.4, -0.2) is 27.7 Å². The van der Waals surface area contributed by atoms with Crippen LogP contribution in [0.2, 0.25) is 0 Å². The lowest BCUT2D eigenvalue weighted by molar-refractivity contribution is -0.123. The first-order valence-electron chi connectivity index (χ1n) is 6.20. The fourth-order valence-electron chi connectivity index (χ4n) is 2.27. The average molecular weight is 270 g/mol. The highest BCUT2D eigenvalue weighted by molar-refractivity contribution is 7.07. The quantitative estimate of drug-likeness (QED) is 0.846. The molecule has 1 heterocycles. The first-order chi connectivity index (χ1) is 8.58. The van der Waals surface area contributed by atoms with E-state index in [1.54, 1.807) is 12.3 Å². The Labute approximate surface area is 109 Å². The Hall–Kier alpha value is -1.14. The largest absolute Gasteiger partial charge is 0.391 e. The third-order valence-corrected chi connectivity index (χ3v) is 4.24. The molecule has 0 aromatic carbocycles. The molecule has 2 rings (SSSR count). The van der Waals surface area contributed by atoms with Gasteiger partial charge in [0.2, 0.25) is 5.91 Å². The predicted molar refractivity (Wildman–Crippen MR) is 69.7 cm³/mol. The van der Waals surface area contributed by atoms with Crippen molar-refractivity contribution in [3.63, 3.8) is 0 Å². The van der Waals surface area contributed by atoms with Gasteiger partial charge in [0, 0.05) is 11.1 Å². The number of aromatic nitrogens is 1. The molecule has 1 aliphatic rings. The molecule has 5 nitrogen and oxygen atoms in total. The maximum Gasteiger partial charge on any atom is 0.307 e. The summed E-state index contributed by atoms with van der Waals surface area (Å²) in [6, 6.07) is -0.166. The molecular formula is C12H18N2O3S. The molecule has 18 heavy (non-hydrogen) atoms. The lowest BCUT2D eigenvalue weighted by Crippen LogP contribution is -2.46. The molecule has 0 saturated heterocycles. The number of carbonyl (C=O) groups excluding carboxylic acids is 1. The van der Waals surface area contributed by atoms with Crippen LogP contribution in [0.25, 0.3) is 0 Å². The van der Waals surface area contributed by atoms with E-state index in [0.717, 1.165) is 42.7 Å². The number of rotatable bonds is 3. The zero-order valence-electron chi connectivity index (χ0n) is 10.4. The average Bonchev–Trinajstić information content (AvgIpc) is 2.64. The van der Waals surface area contributed by atoms with E-state index in [0.29, 0.717) is 0 Å².